The van der Waals surface area contributed by atoms with Crippen LogP contribution in [-0.2, 0) is 19.9 Å². The number of urea groups is 1. The molecular weight excluding hydrogens is 385 g/mol. The molecule has 4 rings (SSSR count). The van der Waals surface area contributed by atoms with E-state index in [1.165, 1.54) is 6.07 Å². The van der Waals surface area contributed by atoms with Gasteiger partial charge in [-0.15, -0.1) is 0 Å². The Morgan fingerprint density at radius 2 is 1.97 bits per heavy atom. The number of nitrogens with one attached hydrogen (secondary N) is 1. The highest BCUT2D eigenvalue weighted by Gasteiger charge is 2.60. The summed E-state index contributed by atoms with van der Waals surface area (Å²) < 4.78 is 24.7. The van der Waals surface area contributed by atoms with E-state index in [1.807, 2.05) is 0 Å². The first-order chi connectivity index (χ1) is 13.8. The van der Waals surface area contributed by atoms with Crippen LogP contribution in [0.3, 0.4) is 0 Å². The number of fused-ring (bicyclic) bond motifs is 2. The van der Waals surface area contributed by atoms with E-state index in [0.29, 0.717) is 17.7 Å². The van der Waals surface area contributed by atoms with E-state index in [-0.39, 0.29) is 23.8 Å². The van der Waals surface area contributed by atoms with E-state index in [2.05, 4.69) is 5.32 Å². The number of hydrogen-bond acceptors (Lipinski definition) is 6. The highest BCUT2D eigenvalue weighted by Crippen LogP contribution is 2.43. The quantitative estimate of drug-likeness (QED) is 0.721. The number of rotatable bonds is 2. The Morgan fingerprint density at radius 1 is 1.24 bits per heavy atom. The van der Waals surface area contributed by atoms with Crippen LogP contribution in [0.5, 0.6) is 5.75 Å². The number of imide groups is 3. The zero-order valence-electron chi connectivity index (χ0n) is 15.5. The minimum absolute atomic E-state index is 0.0151. The van der Waals surface area contributed by atoms with Crippen molar-refractivity contribution in [1.82, 2.24) is 10.2 Å². The Labute approximate surface area is 165 Å². The van der Waals surface area contributed by atoms with Crippen LogP contribution in [0.1, 0.15) is 44.1 Å². The molecule has 1 aromatic carbocycles. The zero-order valence-corrected chi connectivity index (χ0v) is 15.5. The lowest BCUT2D eigenvalue weighted by atomic mass is 9.81. The van der Waals surface area contributed by atoms with Crippen LogP contribution in [0, 0.1) is 5.82 Å². The summed E-state index contributed by atoms with van der Waals surface area (Å²) in [6.07, 6.45) is 1.08. The van der Waals surface area contributed by atoms with Gasteiger partial charge in [0.15, 0.2) is 11.6 Å². The van der Waals surface area contributed by atoms with E-state index in [4.69, 9.17) is 15.2 Å². The third-order valence-electron chi connectivity index (χ3n) is 5.57. The van der Waals surface area contributed by atoms with Gasteiger partial charge in [0.1, 0.15) is 17.7 Å². The summed E-state index contributed by atoms with van der Waals surface area (Å²) in [5.41, 5.74) is 3.50. The van der Waals surface area contributed by atoms with Crippen molar-refractivity contribution in [3.8, 4) is 5.75 Å². The lowest BCUT2D eigenvalue weighted by Crippen LogP contribution is -2.53. The van der Waals surface area contributed by atoms with Crippen LogP contribution in [0.25, 0.3) is 0 Å². The summed E-state index contributed by atoms with van der Waals surface area (Å²) in [5, 5.41) is 2.44. The number of carbonyl (C=O) groups is 4. The molecule has 2 atom stereocenters. The largest absolute Gasteiger partial charge is 0.480 e. The van der Waals surface area contributed by atoms with Crippen molar-refractivity contribution in [2.45, 2.75) is 56.3 Å². The van der Waals surface area contributed by atoms with Gasteiger partial charge in [-0.1, -0.05) is 6.42 Å². The first kappa shape index (κ1) is 19.2. The lowest BCUT2D eigenvalue weighted by molar-refractivity contribution is -0.134. The van der Waals surface area contributed by atoms with E-state index < -0.39 is 41.4 Å². The van der Waals surface area contributed by atoms with Crippen molar-refractivity contribution in [1.29, 1.82) is 0 Å². The Bertz CT molecular complexity index is 900. The minimum Gasteiger partial charge on any atom is -0.480 e. The minimum atomic E-state index is -1.85. The molecule has 0 aromatic heterocycles. The number of hydrogen-bond donors (Lipinski definition) is 2. The molecule has 2 aliphatic heterocycles. The molecule has 0 bridgehead atoms. The summed E-state index contributed by atoms with van der Waals surface area (Å²) in [6.45, 7) is 0. The summed E-state index contributed by atoms with van der Waals surface area (Å²) in [7, 11) is 0. The molecule has 3 aliphatic rings. The monoisotopic (exact) mass is 405 g/mol. The maximum absolute atomic E-state index is 13.9. The average molecular weight is 405 g/mol. The molecule has 1 saturated carbocycles. The smallest absolute Gasteiger partial charge is 0.425 e. The molecule has 1 spiro atoms. The fourth-order valence-electron chi connectivity index (χ4n) is 4.12. The van der Waals surface area contributed by atoms with Gasteiger partial charge in [0.05, 0.1) is 0 Å². The van der Waals surface area contributed by atoms with Crippen LogP contribution in [0.4, 0.5) is 14.0 Å². The van der Waals surface area contributed by atoms with Gasteiger partial charge in [-0.2, -0.15) is 4.90 Å². The number of primary amides is 1. The highest BCUT2D eigenvalue weighted by atomic mass is 19.1. The van der Waals surface area contributed by atoms with Crippen molar-refractivity contribution >= 4 is 23.9 Å². The first-order valence-electron chi connectivity index (χ1n) is 9.45. The van der Waals surface area contributed by atoms with Gasteiger partial charge >= 0.3 is 12.1 Å². The van der Waals surface area contributed by atoms with Gasteiger partial charge in [0.2, 0.25) is 0 Å². The van der Waals surface area contributed by atoms with Gasteiger partial charge in [-0.25, -0.2) is 14.0 Å². The van der Waals surface area contributed by atoms with E-state index in [1.54, 1.807) is 0 Å². The average Bonchev–Trinajstić information content (AvgIpc) is 2.93. The van der Waals surface area contributed by atoms with Gasteiger partial charge < -0.3 is 20.5 Å². The number of benzene rings is 1. The van der Waals surface area contributed by atoms with Crippen LogP contribution in [0.2, 0.25) is 0 Å². The molecule has 3 N–H and O–H groups in total. The van der Waals surface area contributed by atoms with Crippen molar-refractivity contribution < 1.29 is 33.0 Å². The van der Waals surface area contributed by atoms with Crippen LogP contribution >= 0.6 is 0 Å². The molecule has 29 heavy (non-hydrogen) atoms. The number of halogens is 1. The van der Waals surface area contributed by atoms with Crippen molar-refractivity contribution in [3.63, 3.8) is 0 Å². The Kier molecular flexibility index (Phi) is 4.64. The van der Waals surface area contributed by atoms with Crippen molar-refractivity contribution in [2.75, 3.05) is 0 Å². The van der Waals surface area contributed by atoms with Gasteiger partial charge in [-0.3, -0.25) is 9.59 Å². The molecule has 0 radical (unpaired) electrons. The topological polar surface area (TPSA) is 128 Å². The van der Waals surface area contributed by atoms with E-state index in [0.717, 1.165) is 31.4 Å². The lowest BCUT2D eigenvalue weighted by Gasteiger charge is -2.36. The number of amides is 5. The van der Waals surface area contributed by atoms with Crippen LogP contribution in [-0.4, -0.2) is 41.0 Å². The molecule has 5 amide bonds. The van der Waals surface area contributed by atoms with E-state index in [9.17, 15) is 23.6 Å². The summed E-state index contributed by atoms with van der Waals surface area (Å²) in [6, 6.07) is 2.35. The maximum Gasteiger partial charge on any atom is 0.425 e. The number of carbonyl (C=O) groups excluding carboxylic acids is 4. The van der Waals surface area contributed by atoms with Crippen LogP contribution < -0.4 is 15.8 Å². The zero-order chi connectivity index (χ0) is 20.8. The fraction of sp³-hybridized carbons (Fsp3) is 0.474. The Balaban J connectivity index is 1.68. The maximum atomic E-state index is 13.9. The summed E-state index contributed by atoms with van der Waals surface area (Å²) in [4.78, 5) is 50.5. The molecule has 1 aromatic rings. The highest BCUT2D eigenvalue weighted by molar-refractivity contribution is 6.17. The molecule has 1 saturated heterocycles. The molecule has 1 aliphatic carbocycles. The molecule has 9 nitrogen and oxygen atoms in total. The summed E-state index contributed by atoms with van der Waals surface area (Å²) >= 11 is 0. The predicted octanol–water partition coefficient (Wildman–Crippen LogP) is 1.68. The molecule has 154 valence electrons. The Hall–Kier alpha value is -3.17. The molecule has 2 fully saturated rings. The number of nitrogens with two attached hydrogens (primary N) is 1. The normalized spacial score (nSPS) is 26.7. The Morgan fingerprint density at radius 3 is 2.66 bits per heavy atom. The second-order valence-electron chi connectivity index (χ2n) is 7.47. The van der Waals surface area contributed by atoms with Crippen molar-refractivity contribution in [3.05, 3.63) is 29.6 Å². The summed E-state index contributed by atoms with van der Waals surface area (Å²) in [5.74, 6) is -2.46. The first-order valence-corrected chi connectivity index (χ1v) is 9.45. The van der Waals surface area contributed by atoms with Gasteiger partial charge in [0, 0.05) is 12.0 Å². The molecule has 2 heterocycles. The third-order valence-corrected chi connectivity index (χ3v) is 5.57. The molecular formula is C19H20FN3O6. The standard InChI is InChI=1S/C19H20FN3O6/c20-10-6-7-13-12(8-10)19(9-14(29-13)15(21)24)16(25)23(17(26)22-19)18(27)28-11-4-2-1-3-5-11/h6-8,11,14H,1-5,9H2,(H2,21,24)(H,22,26)/t14-,19?/m1/s1. The molecule has 10 heteroatoms. The van der Waals surface area contributed by atoms with Gasteiger partial charge in [0.25, 0.3) is 11.8 Å². The second-order valence-corrected chi connectivity index (χ2v) is 7.47. The SMILES string of the molecule is NC(=O)[C@H]1CC2(NC(=O)N(C(=O)OC3CCCCC3)C2=O)c2cc(F)ccc2O1. The second kappa shape index (κ2) is 7.02. The van der Waals surface area contributed by atoms with E-state index >= 15 is 0 Å². The van der Waals surface area contributed by atoms with Gasteiger partial charge in [-0.05, 0) is 43.9 Å². The van der Waals surface area contributed by atoms with Crippen LogP contribution in [0.15, 0.2) is 18.2 Å². The number of ether oxygens (including phenoxy) is 2. The fourth-order valence-corrected chi connectivity index (χ4v) is 4.12. The predicted molar refractivity (Wildman–Crippen MR) is 95.0 cm³/mol. The molecule has 1 unspecified atom stereocenters. The van der Waals surface area contributed by atoms with Crippen molar-refractivity contribution in [2.24, 2.45) is 5.73 Å². The number of nitrogens with zero attached hydrogens (tertiary/aromatic N) is 1. The third kappa shape index (κ3) is 3.18.